The fourth-order valence-electron chi connectivity index (χ4n) is 3.58. The van der Waals surface area contributed by atoms with Gasteiger partial charge in [0.2, 0.25) is 0 Å². The first kappa shape index (κ1) is 14.9. The number of amides is 1. The normalized spacial score (nSPS) is 18.7. The monoisotopic (exact) mass is 300 g/mol. The highest BCUT2D eigenvalue weighted by Gasteiger charge is 2.28. The molecule has 1 saturated heterocycles. The Morgan fingerprint density at radius 3 is 2.91 bits per heavy atom. The number of carbonyl (C=O) groups excluding carboxylic acids is 1. The van der Waals surface area contributed by atoms with Crippen LogP contribution in [0.3, 0.4) is 0 Å². The van der Waals surface area contributed by atoms with Crippen molar-refractivity contribution in [2.75, 3.05) is 13.1 Å². The van der Waals surface area contributed by atoms with Crippen molar-refractivity contribution in [1.29, 1.82) is 0 Å². The summed E-state index contributed by atoms with van der Waals surface area (Å²) in [6, 6.07) is 4.04. The summed E-state index contributed by atoms with van der Waals surface area (Å²) in [6.07, 6.45) is 3.94. The smallest absolute Gasteiger partial charge is 0.255 e. The zero-order valence-corrected chi connectivity index (χ0v) is 13.6. The van der Waals surface area contributed by atoms with Gasteiger partial charge < -0.3 is 9.47 Å². The molecule has 2 aromatic rings. The Labute approximate surface area is 131 Å². The van der Waals surface area contributed by atoms with Crippen LogP contribution in [-0.4, -0.2) is 38.7 Å². The van der Waals surface area contributed by atoms with E-state index in [0.717, 1.165) is 55.1 Å². The first-order chi connectivity index (χ1) is 10.6. The molecule has 3 heterocycles. The van der Waals surface area contributed by atoms with Gasteiger partial charge in [-0.15, -0.1) is 0 Å². The molecule has 22 heavy (non-hydrogen) atoms. The maximum absolute atomic E-state index is 12.9. The minimum absolute atomic E-state index is 0.164. The molecular formula is C17H24N4O. The Balaban J connectivity index is 1.80. The van der Waals surface area contributed by atoms with E-state index < -0.39 is 0 Å². The number of H-pyrrole nitrogens is 1. The van der Waals surface area contributed by atoms with E-state index in [1.807, 2.05) is 24.0 Å². The molecule has 5 heteroatoms. The molecule has 5 nitrogen and oxygen atoms in total. The van der Waals surface area contributed by atoms with E-state index in [2.05, 4.69) is 28.6 Å². The molecule has 1 aliphatic rings. The Morgan fingerprint density at radius 1 is 1.45 bits per heavy atom. The first-order valence-corrected chi connectivity index (χ1v) is 8.07. The van der Waals surface area contributed by atoms with Gasteiger partial charge in [-0.1, -0.05) is 0 Å². The Morgan fingerprint density at radius 2 is 2.27 bits per heavy atom. The zero-order valence-electron chi connectivity index (χ0n) is 13.6. The number of carbonyl (C=O) groups is 1. The molecule has 118 valence electrons. The summed E-state index contributed by atoms with van der Waals surface area (Å²) in [5.74, 6) is 0.534. The molecular weight excluding hydrogens is 276 g/mol. The average Bonchev–Trinajstić information content (AvgIpc) is 3.15. The third-order valence-electron chi connectivity index (χ3n) is 4.79. The summed E-state index contributed by atoms with van der Waals surface area (Å²) in [5.41, 5.74) is 4.22. The second-order valence-electron chi connectivity index (χ2n) is 6.13. The number of hydrogen-bond acceptors (Lipinski definition) is 2. The van der Waals surface area contributed by atoms with Gasteiger partial charge in [-0.25, -0.2) is 0 Å². The van der Waals surface area contributed by atoms with Crippen LogP contribution in [0.1, 0.15) is 53.1 Å². The molecule has 1 N–H and O–H groups in total. The highest BCUT2D eigenvalue weighted by molar-refractivity contribution is 5.95. The van der Waals surface area contributed by atoms with E-state index in [4.69, 9.17) is 0 Å². The molecule has 0 unspecified atom stereocenters. The number of hydrogen-bond donors (Lipinski definition) is 1. The van der Waals surface area contributed by atoms with Gasteiger partial charge in [0.25, 0.3) is 5.91 Å². The number of nitrogens with one attached hydrogen (secondary N) is 1. The van der Waals surface area contributed by atoms with Crippen molar-refractivity contribution >= 4 is 5.91 Å². The maximum Gasteiger partial charge on any atom is 0.255 e. The lowest BCUT2D eigenvalue weighted by molar-refractivity contribution is 0.0705. The van der Waals surface area contributed by atoms with Gasteiger partial charge in [-0.2, -0.15) is 5.10 Å². The number of likely N-dealkylation sites (tertiary alicyclic amines) is 1. The van der Waals surface area contributed by atoms with Gasteiger partial charge >= 0.3 is 0 Å². The van der Waals surface area contributed by atoms with Crippen molar-refractivity contribution < 1.29 is 4.79 Å². The third-order valence-corrected chi connectivity index (χ3v) is 4.79. The van der Waals surface area contributed by atoms with Crippen LogP contribution < -0.4 is 0 Å². The van der Waals surface area contributed by atoms with Crippen molar-refractivity contribution in [3.05, 3.63) is 41.0 Å². The van der Waals surface area contributed by atoms with Crippen LogP contribution in [0.5, 0.6) is 0 Å². The van der Waals surface area contributed by atoms with Gasteiger partial charge in [-0.3, -0.25) is 9.89 Å². The van der Waals surface area contributed by atoms with E-state index in [-0.39, 0.29) is 5.91 Å². The standard InChI is InChI=1S/C17H24N4O/c1-4-21-12(2)10-15(13(21)3)17(22)20-9-5-6-14(11-20)16-7-8-18-19-16/h7-8,10,14H,4-6,9,11H2,1-3H3,(H,18,19)/t14-/m1/s1. The maximum atomic E-state index is 12.9. The lowest BCUT2D eigenvalue weighted by Gasteiger charge is -2.32. The molecule has 1 aliphatic heterocycles. The molecule has 0 aromatic carbocycles. The minimum atomic E-state index is 0.164. The molecule has 0 radical (unpaired) electrons. The van der Waals surface area contributed by atoms with Crippen molar-refractivity contribution in [3.63, 3.8) is 0 Å². The number of nitrogens with zero attached hydrogens (tertiary/aromatic N) is 3. The number of aromatic nitrogens is 3. The van der Waals surface area contributed by atoms with Gasteiger partial charge in [-0.05, 0) is 45.7 Å². The predicted octanol–water partition coefficient (Wildman–Crippen LogP) is 2.87. The van der Waals surface area contributed by atoms with E-state index in [0.29, 0.717) is 5.92 Å². The fraction of sp³-hybridized carbons (Fsp3) is 0.529. The Hall–Kier alpha value is -2.04. The Kier molecular flexibility index (Phi) is 4.05. The minimum Gasteiger partial charge on any atom is -0.349 e. The molecule has 0 spiro atoms. The van der Waals surface area contributed by atoms with Crippen LogP contribution in [-0.2, 0) is 6.54 Å². The lowest BCUT2D eigenvalue weighted by Crippen LogP contribution is -2.39. The number of rotatable bonds is 3. The highest BCUT2D eigenvalue weighted by Crippen LogP contribution is 2.27. The number of aryl methyl sites for hydroxylation is 1. The quantitative estimate of drug-likeness (QED) is 0.947. The second kappa shape index (κ2) is 5.99. The number of piperidine rings is 1. The molecule has 1 amide bonds. The topological polar surface area (TPSA) is 53.9 Å². The van der Waals surface area contributed by atoms with Crippen LogP contribution in [0.4, 0.5) is 0 Å². The largest absolute Gasteiger partial charge is 0.349 e. The van der Waals surface area contributed by atoms with Crippen LogP contribution in [0.25, 0.3) is 0 Å². The van der Waals surface area contributed by atoms with E-state index in [1.165, 1.54) is 0 Å². The molecule has 0 saturated carbocycles. The summed E-state index contributed by atoms with van der Waals surface area (Å²) < 4.78 is 2.20. The summed E-state index contributed by atoms with van der Waals surface area (Å²) in [5, 5.41) is 7.08. The molecule has 3 rings (SSSR count). The summed E-state index contributed by atoms with van der Waals surface area (Å²) in [4.78, 5) is 14.9. The first-order valence-electron chi connectivity index (χ1n) is 8.07. The summed E-state index contributed by atoms with van der Waals surface area (Å²) in [6.45, 7) is 8.75. The average molecular weight is 300 g/mol. The molecule has 0 bridgehead atoms. The van der Waals surface area contributed by atoms with Crippen molar-refractivity contribution in [2.45, 2.75) is 46.1 Å². The molecule has 2 aromatic heterocycles. The molecule has 1 fully saturated rings. The lowest BCUT2D eigenvalue weighted by atomic mass is 9.94. The van der Waals surface area contributed by atoms with Crippen molar-refractivity contribution in [2.24, 2.45) is 0 Å². The summed E-state index contributed by atoms with van der Waals surface area (Å²) in [7, 11) is 0. The van der Waals surface area contributed by atoms with E-state index >= 15 is 0 Å². The zero-order chi connectivity index (χ0) is 15.7. The second-order valence-corrected chi connectivity index (χ2v) is 6.13. The van der Waals surface area contributed by atoms with Gasteiger partial charge in [0.15, 0.2) is 0 Å². The summed E-state index contributed by atoms with van der Waals surface area (Å²) >= 11 is 0. The van der Waals surface area contributed by atoms with E-state index in [9.17, 15) is 4.79 Å². The van der Waals surface area contributed by atoms with Gasteiger partial charge in [0.1, 0.15) is 0 Å². The van der Waals surface area contributed by atoms with Gasteiger partial charge in [0, 0.05) is 48.8 Å². The predicted molar refractivity (Wildman–Crippen MR) is 86.0 cm³/mol. The Bertz CT molecular complexity index is 657. The van der Waals surface area contributed by atoms with Crippen LogP contribution in [0.2, 0.25) is 0 Å². The molecule has 0 aliphatic carbocycles. The van der Waals surface area contributed by atoms with Crippen molar-refractivity contribution in [1.82, 2.24) is 19.7 Å². The fourth-order valence-corrected chi connectivity index (χ4v) is 3.58. The highest BCUT2D eigenvalue weighted by atomic mass is 16.2. The van der Waals surface area contributed by atoms with Gasteiger partial charge in [0.05, 0.1) is 5.56 Å². The van der Waals surface area contributed by atoms with Crippen molar-refractivity contribution in [3.8, 4) is 0 Å². The number of aromatic amines is 1. The van der Waals surface area contributed by atoms with Crippen LogP contribution in [0, 0.1) is 13.8 Å². The SMILES string of the molecule is CCn1c(C)cc(C(=O)N2CCC[C@@H](c3ccn[nH]3)C2)c1C. The van der Waals surface area contributed by atoms with Crippen LogP contribution in [0.15, 0.2) is 18.3 Å². The van der Waals surface area contributed by atoms with E-state index in [1.54, 1.807) is 6.20 Å². The molecule has 1 atom stereocenters. The van der Waals surface area contributed by atoms with Crippen LogP contribution >= 0.6 is 0 Å². The third kappa shape index (κ3) is 2.56.